The second kappa shape index (κ2) is 4.29. The monoisotopic (exact) mass is 192 g/mol. The molecule has 66 valence electrons. The van der Waals surface area contributed by atoms with Crippen molar-refractivity contribution in [1.82, 2.24) is 0 Å². The van der Waals surface area contributed by atoms with Crippen molar-refractivity contribution in [3.05, 3.63) is 29.3 Å². The van der Waals surface area contributed by atoms with Gasteiger partial charge in [-0.15, -0.1) is 0 Å². The van der Waals surface area contributed by atoms with Gasteiger partial charge in [-0.05, 0) is 37.1 Å². The van der Waals surface area contributed by atoms with E-state index in [2.05, 4.69) is 0 Å². The van der Waals surface area contributed by atoms with Gasteiger partial charge in [0.05, 0.1) is 4.90 Å². The molecule has 0 bridgehead atoms. The van der Waals surface area contributed by atoms with Gasteiger partial charge in [-0.2, -0.15) is 0 Å². The number of aryl methyl sites for hydroxylation is 2. The second-order valence-corrected chi connectivity index (χ2v) is 4.16. The summed E-state index contributed by atoms with van der Waals surface area (Å²) >= 11 is 0. The van der Waals surface area contributed by atoms with Crippen molar-refractivity contribution in [2.75, 3.05) is 0 Å². The molecule has 0 fully saturated rings. The molecular weight excluding hydrogens is 183 g/mol. The van der Waals surface area contributed by atoms with E-state index < -0.39 is 10.1 Å². The van der Waals surface area contributed by atoms with E-state index in [4.69, 9.17) is 0 Å². The molecule has 0 aliphatic heterocycles. The van der Waals surface area contributed by atoms with E-state index in [0.29, 0.717) is 0 Å². The molecule has 0 aliphatic carbocycles. The molecule has 0 spiro atoms. The van der Waals surface area contributed by atoms with E-state index in [1.807, 2.05) is 6.07 Å². The van der Waals surface area contributed by atoms with E-state index in [1.54, 1.807) is 13.8 Å². The molecule has 0 amide bonds. The summed E-state index contributed by atoms with van der Waals surface area (Å²) in [5, 5.41) is 0. The first-order valence-electron chi connectivity index (χ1n) is 3.44. The van der Waals surface area contributed by atoms with Crippen LogP contribution in [0.4, 0.5) is 0 Å². The third-order valence-electron chi connectivity index (χ3n) is 1.48. The Balaban J connectivity index is 0.00000144. The van der Waals surface area contributed by atoms with Gasteiger partial charge in [-0.1, -0.05) is 6.07 Å². The molecule has 0 N–H and O–H groups in total. The van der Waals surface area contributed by atoms with Gasteiger partial charge in [0.1, 0.15) is 10.1 Å². The van der Waals surface area contributed by atoms with Crippen molar-refractivity contribution < 1.29 is 31.8 Å². The fraction of sp³-hybridized carbons (Fsp3) is 0.250. The predicted octanol–water partition coefficient (Wildman–Crippen LogP) is -1.79. The first-order valence-corrected chi connectivity index (χ1v) is 4.84. The van der Waals surface area contributed by atoms with Gasteiger partial charge in [-0.3, -0.25) is 0 Å². The van der Waals surface area contributed by atoms with Crippen LogP contribution in [0, 0.1) is 13.8 Å². The topological polar surface area (TPSA) is 57.2 Å². The molecule has 13 heavy (non-hydrogen) atoms. The van der Waals surface area contributed by atoms with Crippen molar-refractivity contribution in [2.45, 2.75) is 18.7 Å². The molecule has 0 saturated heterocycles. The first kappa shape index (κ1) is 12.7. The summed E-state index contributed by atoms with van der Waals surface area (Å²) in [5.41, 5.74) is 1.56. The fourth-order valence-electron chi connectivity index (χ4n) is 1.08. The molecule has 0 aliphatic rings. The summed E-state index contributed by atoms with van der Waals surface area (Å²) in [4.78, 5) is -0.153. The zero-order chi connectivity index (χ0) is 9.35. The Hall–Kier alpha value is -0.273. The summed E-state index contributed by atoms with van der Waals surface area (Å²) in [5.74, 6) is 0. The van der Waals surface area contributed by atoms with E-state index in [1.165, 1.54) is 12.1 Å². The van der Waals surface area contributed by atoms with Crippen LogP contribution >= 0.6 is 0 Å². The number of benzene rings is 1. The van der Waals surface area contributed by atoms with Crippen LogP contribution in [0.3, 0.4) is 0 Å². The van der Waals surface area contributed by atoms with Crippen molar-refractivity contribution in [3.8, 4) is 0 Å². The number of hydrogen-bond donors (Lipinski definition) is 0. The van der Waals surface area contributed by atoms with Crippen molar-refractivity contribution in [2.24, 2.45) is 0 Å². The summed E-state index contributed by atoms with van der Waals surface area (Å²) in [6.45, 7) is 3.50. The number of hydrogen-bond acceptors (Lipinski definition) is 3. The Morgan fingerprint density at radius 2 is 1.46 bits per heavy atom. The predicted molar refractivity (Wildman–Crippen MR) is 43.9 cm³/mol. The zero-order valence-corrected chi connectivity index (χ0v) is 8.68. The third kappa shape index (κ3) is 3.53. The molecule has 5 heteroatoms. The van der Waals surface area contributed by atoms with E-state index in [0.717, 1.165) is 11.1 Å². The first-order chi connectivity index (χ1) is 5.39. The van der Waals surface area contributed by atoms with Gasteiger partial charge < -0.3 is 4.55 Å². The maximum absolute atomic E-state index is 10.6. The second-order valence-electron chi connectivity index (χ2n) is 2.78. The minimum absolute atomic E-state index is 0. The molecule has 3 nitrogen and oxygen atoms in total. The molecule has 0 saturated carbocycles. The molecule has 1 aromatic carbocycles. The van der Waals surface area contributed by atoms with Crippen LogP contribution in [-0.2, 0) is 10.1 Å². The largest absolute Gasteiger partial charge is 1.00 e. The summed E-state index contributed by atoms with van der Waals surface area (Å²) in [6.07, 6.45) is 0. The van der Waals surface area contributed by atoms with Crippen LogP contribution in [0.25, 0.3) is 0 Å². The Kier molecular flexibility index (Phi) is 4.20. The summed E-state index contributed by atoms with van der Waals surface area (Å²) < 4.78 is 31.7. The third-order valence-corrected chi connectivity index (χ3v) is 2.30. The van der Waals surface area contributed by atoms with Crippen LogP contribution in [0.15, 0.2) is 23.1 Å². The van der Waals surface area contributed by atoms with Gasteiger partial charge in [0, 0.05) is 0 Å². The molecule has 0 heterocycles. The normalized spacial score (nSPS) is 10.7. The van der Waals surface area contributed by atoms with E-state index in [9.17, 15) is 13.0 Å². The molecule has 1 aromatic rings. The van der Waals surface area contributed by atoms with Gasteiger partial charge in [-0.25, -0.2) is 8.42 Å². The van der Waals surface area contributed by atoms with Crippen molar-refractivity contribution in [1.29, 1.82) is 0 Å². The van der Waals surface area contributed by atoms with Crippen LogP contribution in [0.5, 0.6) is 0 Å². The van der Waals surface area contributed by atoms with Crippen molar-refractivity contribution in [3.63, 3.8) is 0 Å². The standard InChI is InChI=1S/C8H10O3S.Li/c1-6-3-7(2)5-8(4-6)12(9,10)11;/h3-5H,1-2H3,(H,9,10,11);/q;+1/p-1. The molecule has 0 aromatic heterocycles. The maximum atomic E-state index is 10.6. The Morgan fingerprint density at radius 3 is 1.77 bits per heavy atom. The molecule has 0 atom stereocenters. The van der Waals surface area contributed by atoms with E-state index >= 15 is 0 Å². The Morgan fingerprint density at radius 1 is 1.08 bits per heavy atom. The van der Waals surface area contributed by atoms with Crippen LogP contribution in [-0.4, -0.2) is 13.0 Å². The van der Waals surface area contributed by atoms with E-state index in [-0.39, 0.29) is 23.8 Å². The molecular formula is C8H9LiO3S. The number of rotatable bonds is 1. The summed E-state index contributed by atoms with van der Waals surface area (Å²) in [6, 6.07) is 4.55. The minimum atomic E-state index is -4.30. The van der Waals surface area contributed by atoms with Gasteiger partial charge in [0.2, 0.25) is 0 Å². The fourth-order valence-corrected chi connectivity index (χ4v) is 1.74. The van der Waals surface area contributed by atoms with Crippen LogP contribution in [0.2, 0.25) is 0 Å². The molecule has 0 radical (unpaired) electrons. The zero-order valence-electron chi connectivity index (χ0n) is 7.87. The van der Waals surface area contributed by atoms with Crippen LogP contribution in [0.1, 0.15) is 11.1 Å². The molecule has 1 rings (SSSR count). The van der Waals surface area contributed by atoms with Gasteiger partial charge >= 0.3 is 18.9 Å². The SMILES string of the molecule is Cc1cc(C)cc(S(=O)(=O)[O-])c1.[Li+]. The summed E-state index contributed by atoms with van der Waals surface area (Å²) in [7, 11) is -4.30. The van der Waals surface area contributed by atoms with Crippen molar-refractivity contribution >= 4 is 10.1 Å². The average molecular weight is 192 g/mol. The maximum Gasteiger partial charge on any atom is 1.00 e. The smallest absolute Gasteiger partial charge is 0.744 e. The van der Waals surface area contributed by atoms with Gasteiger partial charge in [0.15, 0.2) is 0 Å². The average Bonchev–Trinajstić information content (AvgIpc) is 1.82. The minimum Gasteiger partial charge on any atom is -0.744 e. The Labute approximate surface area is 90.1 Å². The Bertz CT molecular complexity index is 378. The van der Waals surface area contributed by atoms with Gasteiger partial charge in [0.25, 0.3) is 0 Å². The molecule has 0 unspecified atom stereocenters. The quantitative estimate of drug-likeness (QED) is 0.390. The van der Waals surface area contributed by atoms with Crippen LogP contribution < -0.4 is 18.9 Å².